The van der Waals surface area contributed by atoms with E-state index in [4.69, 9.17) is 5.73 Å². The quantitative estimate of drug-likeness (QED) is 0.791. The van der Waals surface area contributed by atoms with Crippen LogP contribution in [0.5, 0.6) is 0 Å². The molecule has 2 saturated carbocycles. The standard InChI is InChI=1S/C13H24N2O/c1-4-8(2)15(3)13(16)11-9-5-6-10(7-9)12(11)14/h8-12H,4-7,14H2,1-3H3. The first kappa shape index (κ1) is 11.9. The van der Waals surface area contributed by atoms with Gasteiger partial charge in [0.2, 0.25) is 5.91 Å². The van der Waals surface area contributed by atoms with Gasteiger partial charge in [-0.25, -0.2) is 0 Å². The summed E-state index contributed by atoms with van der Waals surface area (Å²) in [5, 5.41) is 0. The molecule has 2 aliphatic carbocycles. The molecule has 0 spiro atoms. The molecule has 0 aromatic heterocycles. The maximum absolute atomic E-state index is 12.4. The van der Waals surface area contributed by atoms with Crippen LogP contribution in [-0.4, -0.2) is 29.9 Å². The van der Waals surface area contributed by atoms with Gasteiger partial charge in [-0.1, -0.05) is 6.92 Å². The van der Waals surface area contributed by atoms with Crippen molar-refractivity contribution in [2.45, 2.75) is 51.6 Å². The zero-order valence-corrected chi connectivity index (χ0v) is 10.6. The highest BCUT2D eigenvalue weighted by Crippen LogP contribution is 2.48. The SMILES string of the molecule is CCC(C)N(C)C(=O)C1C2CCC(C2)C1N. The molecule has 1 amide bonds. The van der Waals surface area contributed by atoms with E-state index in [1.54, 1.807) is 0 Å². The largest absolute Gasteiger partial charge is 0.343 e. The molecule has 0 radical (unpaired) electrons. The fraction of sp³-hybridized carbons (Fsp3) is 0.923. The van der Waals surface area contributed by atoms with Crippen LogP contribution >= 0.6 is 0 Å². The predicted molar refractivity (Wildman–Crippen MR) is 64.8 cm³/mol. The van der Waals surface area contributed by atoms with Crippen molar-refractivity contribution in [1.82, 2.24) is 4.90 Å². The van der Waals surface area contributed by atoms with E-state index in [1.165, 1.54) is 19.3 Å². The van der Waals surface area contributed by atoms with Gasteiger partial charge in [-0.05, 0) is 44.4 Å². The molecular formula is C13H24N2O. The van der Waals surface area contributed by atoms with Gasteiger partial charge in [-0.15, -0.1) is 0 Å². The number of carbonyl (C=O) groups excluding carboxylic acids is 1. The molecule has 3 nitrogen and oxygen atoms in total. The average Bonchev–Trinajstić information content (AvgIpc) is 2.86. The molecule has 5 unspecified atom stereocenters. The lowest BCUT2D eigenvalue weighted by Gasteiger charge is -2.33. The average molecular weight is 224 g/mol. The van der Waals surface area contributed by atoms with E-state index in [0.717, 1.165) is 6.42 Å². The topological polar surface area (TPSA) is 46.3 Å². The molecule has 2 fully saturated rings. The van der Waals surface area contributed by atoms with Crippen molar-refractivity contribution < 1.29 is 4.79 Å². The van der Waals surface area contributed by atoms with Crippen LogP contribution < -0.4 is 5.73 Å². The number of hydrogen-bond acceptors (Lipinski definition) is 2. The Balaban J connectivity index is 2.05. The Morgan fingerprint density at radius 2 is 2.06 bits per heavy atom. The van der Waals surface area contributed by atoms with Crippen LogP contribution in [0, 0.1) is 17.8 Å². The van der Waals surface area contributed by atoms with E-state index in [1.807, 2.05) is 11.9 Å². The van der Waals surface area contributed by atoms with Gasteiger partial charge in [0.05, 0.1) is 5.92 Å². The minimum Gasteiger partial charge on any atom is -0.343 e. The van der Waals surface area contributed by atoms with Crippen molar-refractivity contribution in [3.63, 3.8) is 0 Å². The van der Waals surface area contributed by atoms with Crippen molar-refractivity contribution in [3.05, 3.63) is 0 Å². The Bertz CT molecular complexity index is 277. The van der Waals surface area contributed by atoms with Gasteiger partial charge in [-0.3, -0.25) is 4.79 Å². The minimum atomic E-state index is 0.109. The summed E-state index contributed by atoms with van der Waals surface area (Å²) in [6.07, 6.45) is 4.65. The highest BCUT2D eigenvalue weighted by Gasteiger charge is 2.49. The zero-order valence-electron chi connectivity index (χ0n) is 10.6. The van der Waals surface area contributed by atoms with Gasteiger partial charge in [0.1, 0.15) is 0 Å². The van der Waals surface area contributed by atoms with Gasteiger partial charge in [-0.2, -0.15) is 0 Å². The van der Waals surface area contributed by atoms with Crippen LogP contribution in [0.15, 0.2) is 0 Å². The van der Waals surface area contributed by atoms with Crippen LogP contribution in [0.2, 0.25) is 0 Å². The third-order valence-electron chi connectivity index (χ3n) is 4.87. The first-order chi connectivity index (χ1) is 7.56. The summed E-state index contributed by atoms with van der Waals surface area (Å²) in [6, 6.07) is 0.455. The van der Waals surface area contributed by atoms with Crippen molar-refractivity contribution in [2.75, 3.05) is 7.05 Å². The highest BCUT2D eigenvalue weighted by molar-refractivity contribution is 5.80. The van der Waals surface area contributed by atoms with E-state index in [2.05, 4.69) is 13.8 Å². The molecule has 5 atom stereocenters. The molecule has 0 saturated heterocycles. The molecule has 2 N–H and O–H groups in total. The number of fused-ring (bicyclic) bond motifs is 2. The van der Waals surface area contributed by atoms with Crippen LogP contribution in [0.1, 0.15) is 39.5 Å². The second-order valence-corrected chi connectivity index (χ2v) is 5.64. The fourth-order valence-corrected chi connectivity index (χ4v) is 3.43. The Labute approximate surface area is 98.4 Å². The molecular weight excluding hydrogens is 200 g/mol. The number of rotatable bonds is 3. The number of amides is 1. The Morgan fingerprint density at radius 3 is 2.56 bits per heavy atom. The highest BCUT2D eigenvalue weighted by atomic mass is 16.2. The van der Waals surface area contributed by atoms with Crippen molar-refractivity contribution in [1.29, 1.82) is 0 Å². The summed E-state index contributed by atoms with van der Waals surface area (Å²) in [7, 11) is 1.93. The molecule has 2 bridgehead atoms. The summed E-state index contributed by atoms with van der Waals surface area (Å²) in [5.74, 6) is 1.58. The second kappa shape index (κ2) is 4.36. The number of carbonyl (C=O) groups is 1. The van der Waals surface area contributed by atoms with Crippen molar-refractivity contribution >= 4 is 5.91 Å². The molecule has 0 aromatic rings. The third kappa shape index (κ3) is 1.75. The molecule has 0 aromatic carbocycles. The van der Waals surface area contributed by atoms with E-state index in [0.29, 0.717) is 17.9 Å². The minimum absolute atomic E-state index is 0.109. The summed E-state index contributed by atoms with van der Waals surface area (Å²) in [6.45, 7) is 4.23. The normalized spacial score (nSPS) is 38.8. The summed E-state index contributed by atoms with van der Waals surface area (Å²) < 4.78 is 0. The summed E-state index contributed by atoms with van der Waals surface area (Å²) >= 11 is 0. The van der Waals surface area contributed by atoms with Crippen LogP contribution in [0.3, 0.4) is 0 Å². The lowest BCUT2D eigenvalue weighted by molar-refractivity contribution is -0.138. The maximum Gasteiger partial charge on any atom is 0.227 e. The second-order valence-electron chi connectivity index (χ2n) is 5.64. The van der Waals surface area contributed by atoms with Crippen LogP contribution in [-0.2, 0) is 4.79 Å². The monoisotopic (exact) mass is 224 g/mol. The maximum atomic E-state index is 12.4. The third-order valence-corrected chi connectivity index (χ3v) is 4.87. The molecule has 0 aliphatic heterocycles. The fourth-order valence-electron chi connectivity index (χ4n) is 3.43. The Morgan fingerprint density at radius 1 is 1.44 bits per heavy atom. The lowest BCUT2D eigenvalue weighted by Crippen LogP contribution is -2.48. The molecule has 2 rings (SSSR count). The predicted octanol–water partition coefficient (Wildman–Crippen LogP) is 1.62. The van der Waals surface area contributed by atoms with Gasteiger partial charge in [0.15, 0.2) is 0 Å². The number of nitrogens with zero attached hydrogens (tertiary/aromatic N) is 1. The zero-order chi connectivity index (χ0) is 11.9. The van der Waals surface area contributed by atoms with Gasteiger partial charge in [0, 0.05) is 19.1 Å². The Kier molecular flexibility index (Phi) is 3.24. The first-order valence-electron chi connectivity index (χ1n) is 6.58. The summed E-state index contributed by atoms with van der Waals surface area (Å²) in [4.78, 5) is 14.3. The number of hydrogen-bond donors (Lipinski definition) is 1. The van der Waals surface area contributed by atoms with E-state index in [-0.39, 0.29) is 17.9 Å². The van der Waals surface area contributed by atoms with Crippen molar-refractivity contribution in [3.8, 4) is 0 Å². The molecule has 92 valence electrons. The lowest BCUT2D eigenvalue weighted by atomic mass is 9.84. The Hall–Kier alpha value is -0.570. The summed E-state index contributed by atoms with van der Waals surface area (Å²) in [5.41, 5.74) is 6.20. The van der Waals surface area contributed by atoms with E-state index < -0.39 is 0 Å². The van der Waals surface area contributed by atoms with Crippen LogP contribution in [0.4, 0.5) is 0 Å². The smallest absolute Gasteiger partial charge is 0.227 e. The molecule has 16 heavy (non-hydrogen) atoms. The van der Waals surface area contributed by atoms with E-state index >= 15 is 0 Å². The van der Waals surface area contributed by atoms with Gasteiger partial charge in [0.25, 0.3) is 0 Å². The molecule has 0 heterocycles. The first-order valence-corrected chi connectivity index (χ1v) is 6.58. The number of nitrogens with two attached hydrogens (primary N) is 1. The van der Waals surface area contributed by atoms with E-state index in [9.17, 15) is 4.79 Å². The molecule has 2 aliphatic rings. The van der Waals surface area contributed by atoms with Crippen molar-refractivity contribution in [2.24, 2.45) is 23.5 Å². The van der Waals surface area contributed by atoms with Gasteiger partial charge < -0.3 is 10.6 Å². The van der Waals surface area contributed by atoms with Crippen LogP contribution in [0.25, 0.3) is 0 Å². The van der Waals surface area contributed by atoms with Gasteiger partial charge >= 0.3 is 0 Å². The molecule has 3 heteroatoms.